The van der Waals surface area contributed by atoms with Gasteiger partial charge in [0.25, 0.3) is 5.69 Å². The highest BCUT2D eigenvalue weighted by atomic mass is 16.6. The topological polar surface area (TPSA) is 69.9 Å². The molecule has 1 saturated heterocycles. The molecule has 0 aliphatic carbocycles. The molecule has 0 unspecified atom stereocenters. The summed E-state index contributed by atoms with van der Waals surface area (Å²) in [6.07, 6.45) is 0.910. The van der Waals surface area contributed by atoms with Gasteiger partial charge in [-0.2, -0.15) is 0 Å². The lowest BCUT2D eigenvalue weighted by Crippen LogP contribution is -2.50. The van der Waals surface area contributed by atoms with E-state index in [0.717, 1.165) is 26.1 Å². The van der Waals surface area contributed by atoms with Crippen molar-refractivity contribution in [1.82, 2.24) is 9.80 Å². The zero-order valence-electron chi connectivity index (χ0n) is 15.8. The van der Waals surface area contributed by atoms with E-state index >= 15 is 0 Å². The Hall–Kier alpha value is -2.93. The number of nitro groups is 1. The molecule has 1 fully saturated rings. The molecule has 2 aliphatic rings. The van der Waals surface area contributed by atoms with E-state index in [2.05, 4.69) is 17.0 Å². The standard InChI is InChI=1S/C21H24N4O3/c26-21(24-10-9-17-5-1-2-6-18(17)15-24)16-22-11-13-23(14-12-22)19-7-3-4-8-20(19)25(27)28/h1-8H,9-16H2. The molecular weight excluding hydrogens is 356 g/mol. The number of hydrogen-bond donors (Lipinski definition) is 0. The number of nitrogens with zero attached hydrogens (tertiary/aromatic N) is 4. The number of carbonyl (C=O) groups excluding carboxylic acids is 1. The van der Waals surface area contributed by atoms with Crippen molar-refractivity contribution in [3.63, 3.8) is 0 Å². The second-order valence-electron chi connectivity index (χ2n) is 7.34. The minimum absolute atomic E-state index is 0.138. The van der Waals surface area contributed by atoms with Crippen LogP contribution in [0, 0.1) is 10.1 Å². The smallest absolute Gasteiger partial charge is 0.292 e. The van der Waals surface area contributed by atoms with E-state index in [1.54, 1.807) is 18.2 Å². The molecule has 0 radical (unpaired) electrons. The van der Waals surface area contributed by atoms with Crippen molar-refractivity contribution < 1.29 is 9.72 Å². The van der Waals surface area contributed by atoms with Crippen LogP contribution in [0.2, 0.25) is 0 Å². The van der Waals surface area contributed by atoms with E-state index < -0.39 is 0 Å². The van der Waals surface area contributed by atoms with E-state index in [0.29, 0.717) is 31.9 Å². The Labute approximate surface area is 164 Å². The molecule has 146 valence electrons. The molecule has 0 aromatic heterocycles. The lowest BCUT2D eigenvalue weighted by molar-refractivity contribution is -0.384. The van der Waals surface area contributed by atoms with Crippen molar-refractivity contribution in [3.05, 3.63) is 69.8 Å². The van der Waals surface area contributed by atoms with Crippen molar-refractivity contribution in [2.75, 3.05) is 44.2 Å². The molecule has 0 atom stereocenters. The first-order valence-electron chi connectivity index (χ1n) is 9.67. The zero-order chi connectivity index (χ0) is 19.5. The van der Waals surface area contributed by atoms with Crippen molar-refractivity contribution in [2.45, 2.75) is 13.0 Å². The number of carbonyl (C=O) groups is 1. The van der Waals surface area contributed by atoms with Crippen molar-refractivity contribution in [1.29, 1.82) is 0 Å². The average Bonchev–Trinajstić information content (AvgIpc) is 2.74. The Morgan fingerprint density at radius 3 is 2.36 bits per heavy atom. The van der Waals surface area contributed by atoms with Gasteiger partial charge in [-0.1, -0.05) is 36.4 Å². The SMILES string of the molecule is O=C(CN1CCN(c2ccccc2[N+](=O)[O-])CC1)N1CCc2ccccc2C1. The highest BCUT2D eigenvalue weighted by Gasteiger charge is 2.26. The lowest BCUT2D eigenvalue weighted by atomic mass is 10.00. The number of nitro benzene ring substituents is 1. The van der Waals surface area contributed by atoms with Gasteiger partial charge >= 0.3 is 0 Å². The van der Waals surface area contributed by atoms with Gasteiger partial charge in [-0.05, 0) is 23.6 Å². The summed E-state index contributed by atoms with van der Waals surface area (Å²) in [5.74, 6) is 0.161. The average molecular weight is 380 g/mol. The van der Waals surface area contributed by atoms with Crippen molar-refractivity contribution >= 4 is 17.3 Å². The first-order valence-corrected chi connectivity index (χ1v) is 9.67. The molecule has 0 N–H and O–H groups in total. The van der Waals surface area contributed by atoms with E-state index in [1.165, 1.54) is 11.1 Å². The van der Waals surface area contributed by atoms with E-state index in [9.17, 15) is 14.9 Å². The van der Waals surface area contributed by atoms with Gasteiger partial charge in [0.05, 0.1) is 11.5 Å². The van der Waals surface area contributed by atoms with Crippen LogP contribution >= 0.6 is 0 Å². The van der Waals surface area contributed by atoms with Crippen LogP contribution < -0.4 is 4.90 Å². The summed E-state index contributed by atoms with van der Waals surface area (Å²) in [7, 11) is 0. The van der Waals surface area contributed by atoms with Gasteiger partial charge in [0.15, 0.2) is 0 Å². The summed E-state index contributed by atoms with van der Waals surface area (Å²) in [5, 5.41) is 11.3. The third-order valence-corrected chi connectivity index (χ3v) is 5.63. The molecule has 28 heavy (non-hydrogen) atoms. The van der Waals surface area contributed by atoms with Gasteiger partial charge in [-0.3, -0.25) is 19.8 Å². The maximum Gasteiger partial charge on any atom is 0.292 e. The fourth-order valence-electron chi connectivity index (χ4n) is 4.03. The van der Waals surface area contributed by atoms with Crippen molar-refractivity contribution in [3.8, 4) is 0 Å². The van der Waals surface area contributed by atoms with Gasteiger partial charge < -0.3 is 9.80 Å². The Kier molecular flexibility index (Phi) is 5.25. The lowest BCUT2D eigenvalue weighted by Gasteiger charge is -2.37. The van der Waals surface area contributed by atoms with E-state index in [-0.39, 0.29) is 16.5 Å². The number of rotatable bonds is 4. The van der Waals surface area contributed by atoms with Crippen LogP contribution in [-0.4, -0.2) is 59.9 Å². The Morgan fingerprint density at radius 1 is 0.929 bits per heavy atom. The number of amides is 1. The van der Waals surface area contributed by atoms with E-state index in [4.69, 9.17) is 0 Å². The number of benzene rings is 2. The van der Waals surface area contributed by atoms with Crippen LogP contribution in [-0.2, 0) is 17.8 Å². The van der Waals surface area contributed by atoms with Gasteiger partial charge in [-0.25, -0.2) is 0 Å². The van der Waals surface area contributed by atoms with E-state index in [1.807, 2.05) is 28.0 Å². The minimum Gasteiger partial charge on any atom is -0.363 e. The summed E-state index contributed by atoms with van der Waals surface area (Å²) in [6.45, 7) is 4.68. The molecule has 1 amide bonds. The highest BCUT2D eigenvalue weighted by molar-refractivity contribution is 5.78. The van der Waals surface area contributed by atoms with Crippen LogP contribution in [0.5, 0.6) is 0 Å². The summed E-state index contributed by atoms with van der Waals surface area (Å²) in [4.78, 5) is 29.8. The molecule has 0 spiro atoms. The summed E-state index contributed by atoms with van der Waals surface area (Å²) in [5.41, 5.74) is 3.37. The second-order valence-corrected chi connectivity index (χ2v) is 7.34. The molecule has 4 rings (SSSR count). The Bertz CT molecular complexity index is 877. The second kappa shape index (κ2) is 7.98. The molecule has 2 heterocycles. The third kappa shape index (κ3) is 3.84. The van der Waals surface area contributed by atoms with Crippen molar-refractivity contribution in [2.24, 2.45) is 0 Å². The molecular formula is C21H24N4O3. The van der Waals surface area contributed by atoms with Crippen LogP contribution in [0.15, 0.2) is 48.5 Å². The van der Waals surface area contributed by atoms with Gasteiger partial charge in [0.1, 0.15) is 5.69 Å². The molecule has 2 aromatic carbocycles. The summed E-state index contributed by atoms with van der Waals surface area (Å²) >= 11 is 0. The Balaban J connectivity index is 1.33. The first kappa shape index (κ1) is 18.4. The third-order valence-electron chi connectivity index (χ3n) is 5.63. The highest BCUT2D eigenvalue weighted by Crippen LogP contribution is 2.28. The predicted octanol–water partition coefficient (Wildman–Crippen LogP) is 2.30. The quantitative estimate of drug-likeness (QED) is 0.601. The number of piperazine rings is 1. The van der Waals surface area contributed by atoms with Gasteiger partial charge in [-0.15, -0.1) is 0 Å². The minimum atomic E-state index is -0.334. The van der Waals surface area contributed by atoms with Crippen LogP contribution in [0.1, 0.15) is 11.1 Å². The van der Waals surface area contributed by atoms with Crippen LogP contribution in [0.4, 0.5) is 11.4 Å². The number of fused-ring (bicyclic) bond motifs is 1. The molecule has 2 aromatic rings. The molecule has 0 bridgehead atoms. The largest absolute Gasteiger partial charge is 0.363 e. The summed E-state index contributed by atoms with van der Waals surface area (Å²) in [6, 6.07) is 15.2. The van der Waals surface area contributed by atoms with Gasteiger partial charge in [0.2, 0.25) is 5.91 Å². The predicted molar refractivity (Wildman–Crippen MR) is 107 cm³/mol. The number of anilines is 1. The zero-order valence-corrected chi connectivity index (χ0v) is 15.8. The summed E-state index contributed by atoms with van der Waals surface area (Å²) < 4.78 is 0. The molecule has 2 aliphatic heterocycles. The fraction of sp³-hybridized carbons (Fsp3) is 0.381. The first-order chi connectivity index (χ1) is 13.6. The number of para-hydroxylation sites is 2. The maximum absolute atomic E-state index is 12.8. The molecule has 7 heteroatoms. The Morgan fingerprint density at radius 2 is 1.61 bits per heavy atom. The van der Waals surface area contributed by atoms with Crippen LogP contribution in [0.25, 0.3) is 0 Å². The normalized spacial score (nSPS) is 17.3. The fourth-order valence-corrected chi connectivity index (χ4v) is 4.03. The molecule has 7 nitrogen and oxygen atoms in total. The molecule has 0 saturated carbocycles. The van der Waals surface area contributed by atoms with Crippen LogP contribution in [0.3, 0.4) is 0 Å². The monoisotopic (exact) mass is 380 g/mol. The van der Waals surface area contributed by atoms with Gasteiger partial charge in [0, 0.05) is 45.3 Å². The number of hydrogen-bond acceptors (Lipinski definition) is 5. The maximum atomic E-state index is 12.8.